The Bertz CT molecular complexity index is 198. The van der Waals surface area contributed by atoms with Gasteiger partial charge in [0.25, 0.3) is 0 Å². The van der Waals surface area contributed by atoms with Crippen molar-refractivity contribution in [3.8, 4) is 0 Å². The van der Waals surface area contributed by atoms with Crippen LogP contribution in [0.2, 0.25) is 0 Å². The van der Waals surface area contributed by atoms with Gasteiger partial charge in [0.1, 0.15) is 5.72 Å². The zero-order valence-corrected chi connectivity index (χ0v) is 9.04. The van der Waals surface area contributed by atoms with E-state index in [0.717, 1.165) is 26.1 Å². The molecule has 1 aliphatic heterocycles. The van der Waals surface area contributed by atoms with E-state index in [-0.39, 0.29) is 12.3 Å². The number of rotatable bonds is 2. The van der Waals surface area contributed by atoms with Crippen molar-refractivity contribution in [2.24, 2.45) is 5.92 Å². The summed E-state index contributed by atoms with van der Waals surface area (Å²) < 4.78 is 5.97. The van der Waals surface area contributed by atoms with E-state index in [1.54, 1.807) is 0 Å². The summed E-state index contributed by atoms with van der Waals surface area (Å²) >= 11 is 0. The minimum absolute atomic E-state index is 0.0268. The summed E-state index contributed by atoms with van der Waals surface area (Å²) in [6.45, 7) is 5.13. The Hall–Kier alpha value is -0.120. The van der Waals surface area contributed by atoms with Crippen molar-refractivity contribution in [3.05, 3.63) is 0 Å². The van der Waals surface area contributed by atoms with Gasteiger partial charge in [0.2, 0.25) is 0 Å². The predicted octanol–water partition coefficient (Wildman–Crippen LogP) is 1.22. The molecule has 1 aliphatic carbocycles. The SMILES string of the molecule is CC1CCCCC12OCCN2CCO. The van der Waals surface area contributed by atoms with Crippen LogP contribution in [-0.2, 0) is 4.74 Å². The predicted molar refractivity (Wildman–Crippen MR) is 55.0 cm³/mol. The molecular formula is C11H21NO2. The van der Waals surface area contributed by atoms with Gasteiger partial charge in [0, 0.05) is 13.1 Å². The van der Waals surface area contributed by atoms with Gasteiger partial charge in [-0.3, -0.25) is 4.90 Å². The standard InChI is InChI=1S/C11H21NO2/c1-10-4-2-3-5-11(10)12(6-8-13)7-9-14-11/h10,13H,2-9H2,1H3. The Balaban J connectivity index is 2.10. The summed E-state index contributed by atoms with van der Waals surface area (Å²) in [5.74, 6) is 0.616. The Kier molecular flexibility index (Phi) is 3.10. The van der Waals surface area contributed by atoms with Crippen LogP contribution in [0.3, 0.4) is 0 Å². The first-order chi connectivity index (χ1) is 6.79. The highest BCUT2D eigenvalue weighted by molar-refractivity contribution is 4.93. The summed E-state index contributed by atoms with van der Waals surface area (Å²) in [5.41, 5.74) is -0.0268. The van der Waals surface area contributed by atoms with E-state index >= 15 is 0 Å². The van der Waals surface area contributed by atoms with Crippen LogP contribution in [0.5, 0.6) is 0 Å². The number of hydrogen-bond donors (Lipinski definition) is 1. The third kappa shape index (κ3) is 1.58. The highest BCUT2D eigenvalue weighted by Crippen LogP contribution is 2.41. The number of aliphatic hydroxyl groups is 1. The van der Waals surface area contributed by atoms with Crippen LogP contribution in [0, 0.1) is 5.92 Å². The largest absolute Gasteiger partial charge is 0.395 e. The van der Waals surface area contributed by atoms with Crippen LogP contribution in [0.15, 0.2) is 0 Å². The van der Waals surface area contributed by atoms with E-state index in [1.807, 2.05) is 0 Å². The Morgan fingerprint density at radius 1 is 1.50 bits per heavy atom. The van der Waals surface area contributed by atoms with Gasteiger partial charge in [0.15, 0.2) is 0 Å². The molecule has 1 N–H and O–H groups in total. The van der Waals surface area contributed by atoms with Crippen molar-refractivity contribution >= 4 is 0 Å². The molecule has 2 aliphatic rings. The Morgan fingerprint density at radius 2 is 2.36 bits per heavy atom. The minimum Gasteiger partial charge on any atom is -0.395 e. The van der Waals surface area contributed by atoms with Gasteiger partial charge in [-0.15, -0.1) is 0 Å². The van der Waals surface area contributed by atoms with E-state index in [2.05, 4.69) is 11.8 Å². The smallest absolute Gasteiger partial charge is 0.124 e. The highest BCUT2D eigenvalue weighted by atomic mass is 16.5. The van der Waals surface area contributed by atoms with Gasteiger partial charge < -0.3 is 9.84 Å². The van der Waals surface area contributed by atoms with Crippen molar-refractivity contribution in [3.63, 3.8) is 0 Å². The molecule has 2 unspecified atom stereocenters. The van der Waals surface area contributed by atoms with Gasteiger partial charge in [-0.25, -0.2) is 0 Å². The van der Waals surface area contributed by atoms with E-state index in [0.29, 0.717) is 5.92 Å². The van der Waals surface area contributed by atoms with Crippen molar-refractivity contribution in [2.75, 3.05) is 26.3 Å². The van der Waals surface area contributed by atoms with E-state index in [9.17, 15) is 0 Å². The third-order valence-electron chi connectivity index (χ3n) is 3.81. The quantitative estimate of drug-likeness (QED) is 0.725. The fourth-order valence-corrected chi connectivity index (χ4v) is 3.02. The number of nitrogens with zero attached hydrogens (tertiary/aromatic N) is 1. The monoisotopic (exact) mass is 199 g/mol. The Labute approximate surface area is 86.0 Å². The lowest BCUT2D eigenvalue weighted by Gasteiger charge is -2.44. The summed E-state index contributed by atoms with van der Waals surface area (Å²) in [7, 11) is 0. The molecule has 0 bridgehead atoms. The maximum absolute atomic E-state index is 9.03. The van der Waals surface area contributed by atoms with Gasteiger partial charge >= 0.3 is 0 Å². The van der Waals surface area contributed by atoms with Gasteiger partial charge in [-0.05, 0) is 25.2 Å². The van der Waals surface area contributed by atoms with Gasteiger partial charge in [-0.2, -0.15) is 0 Å². The lowest BCUT2D eigenvalue weighted by atomic mass is 9.81. The van der Waals surface area contributed by atoms with E-state index in [1.165, 1.54) is 19.3 Å². The summed E-state index contributed by atoms with van der Waals surface area (Å²) in [6.07, 6.45) is 5.02. The number of hydrogen-bond acceptors (Lipinski definition) is 3. The van der Waals surface area contributed by atoms with Crippen LogP contribution in [0.25, 0.3) is 0 Å². The van der Waals surface area contributed by atoms with E-state index in [4.69, 9.17) is 9.84 Å². The summed E-state index contributed by atoms with van der Waals surface area (Å²) in [6, 6.07) is 0. The molecule has 14 heavy (non-hydrogen) atoms. The molecule has 3 nitrogen and oxygen atoms in total. The van der Waals surface area contributed by atoms with Crippen LogP contribution < -0.4 is 0 Å². The zero-order valence-electron chi connectivity index (χ0n) is 9.04. The van der Waals surface area contributed by atoms with Crippen LogP contribution in [0.4, 0.5) is 0 Å². The number of aliphatic hydroxyl groups excluding tert-OH is 1. The zero-order chi connectivity index (χ0) is 10.0. The molecule has 0 aromatic rings. The number of ether oxygens (including phenoxy) is 1. The minimum atomic E-state index is -0.0268. The molecule has 82 valence electrons. The summed E-state index contributed by atoms with van der Waals surface area (Å²) in [5, 5.41) is 9.03. The molecular weight excluding hydrogens is 178 g/mol. The third-order valence-corrected chi connectivity index (χ3v) is 3.81. The fraction of sp³-hybridized carbons (Fsp3) is 1.00. The molecule has 0 aromatic heterocycles. The lowest BCUT2D eigenvalue weighted by Crippen LogP contribution is -2.52. The van der Waals surface area contributed by atoms with Gasteiger partial charge in [0.05, 0.1) is 13.2 Å². The normalized spacial score (nSPS) is 39.4. The number of β-amino-alcohol motifs (C(OH)–C–C–N with tert-alkyl or cyclic N) is 1. The molecule has 0 amide bonds. The van der Waals surface area contributed by atoms with Crippen molar-refractivity contribution in [1.29, 1.82) is 0 Å². The lowest BCUT2D eigenvalue weighted by molar-refractivity contribution is -0.143. The van der Waals surface area contributed by atoms with Crippen molar-refractivity contribution in [2.45, 2.75) is 38.3 Å². The second-order valence-electron chi connectivity index (χ2n) is 4.55. The van der Waals surface area contributed by atoms with Gasteiger partial charge in [-0.1, -0.05) is 13.3 Å². The van der Waals surface area contributed by atoms with Crippen LogP contribution >= 0.6 is 0 Å². The molecule has 2 rings (SSSR count). The molecule has 3 heteroatoms. The first-order valence-corrected chi connectivity index (χ1v) is 5.79. The maximum atomic E-state index is 9.03. The average molecular weight is 199 g/mol. The molecule has 1 saturated heterocycles. The molecule has 1 saturated carbocycles. The summed E-state index contributed by atoms with van der Waals surface area (Å²) in [4.78, 5) is 2.34. The average Bonchev–Trinajstić information content (AvgIpc) is 2.57. The molecule has 0 radical (unpaired) electrons. The van der Waals surface area contributed by atoms with E-state index < -0.39 is 0 Å². The van der Waals surface area contributed by atoms with Crippen molar-refractivity contribution in [1.82, 2.24) is 4.90 Å². The highest BCUT2D eigenvalue weighted by Gasteiger charge is 2.47. The molecule has 2 fully saturated rings. The first kappa shape index (κ1) is 10.4. The van der Waals surface area contributed by atoms with Crippen LogP contribution in [-0.4, -0.2) is 42.0 Å². The fourth-order valence-electron chi connectivity index (χ4n) is 3.02. The van der Waals surface area contributed by atoms with Crippen LogP contribution in [0.1, 0.15) is 32.6 Å². The maximum Gasteiger partial charge on any atom is 0.124 e. The second-order valence-corrected chi connectivity index (χ2v) is 4.55. The Morgan fingerprint density at radius 3 is 3.07 bits per heavy atom. The molecule has 2 atom stereocenters. The molecule has 0 aromatic carbocycles. The second kappa shape index (κ2) is 4.17. The molecule has 1 heterocycles. The van der Waals surface area contributed by atoms with Crippen molar-refractivity contribution < 1.29 is 9.84 Å². The topological polar surface area (TPSA) is 32.7 Å². The molecule has 1 spiro atoms. The first-order valence-electron chi connectivity index (χ1n) is 5.79.